The predicted octanol–water partition coefficient (Wildman–Crippen LogP) is 4.65. The van der Waals surface area contributed by atoms with Crippen molar-refractivity contribution in [1.82, 2.24) is 9.78 Å². The lowest BCUT2D eigenvalue weighted by atomic mass is 10.2. The highest BCUT2D eigenvalue weighted by atomic mass is 32.2. The molecular formula is C22H19N3O2S. The van der Waals surface area contributed by atoms with Gasteiger partial charge in [-0.15, -0.1) is 0 Å². The van der Waals surface area contributed by atoms with Gasteiger partial charge in [0.15, 0.2) is 0 Å². The Kier molecular flexibility index (Phi) is 4.71. The number of aromatic nitrogens is 2. The van der Waals surface area contributed by atoms with Crippen LogP contribution in [0, 0.1) is 6.92 Å². The normalized spacial score (nSPS) is 11.3. The summed E-state index contributed by atoms with van der Waals surface area (Å²) in [4.78, 5) is 0.208. The van der Waals surface area contributed by atoms with Crippen molar-refractivity contribution in [3.05, 3.63) is 96.6 Å². The quantitative estimate of drug-likeness (QED) is 0.540. The zero-order valence-corrected chi connectivity index (χ0v) is 16.1. The Hall–Kier alpha value is -3.38. The molecule has 0 aliphatic carbocycles. The van der Waals surface area contributed by atoms with Crippen LogP contribution in [0.5, 0.6) is 0 Å². The molecule has 0 amide bonds. The van der Waals surface area contributed by atoms with Gasteiger partial charge in [0.05, 0.1) is 16.3 Å². The highest BCUT2D eigenvalue weighted by molar-refractivity contribution is 7.92. The van der Waals surface area contributed by atoms with Crippen LogP contribution in [0.15, 0.2) is 95.9 Å². The molecule has 0 radical (unpaired) electrons. The lowest BCUT2D eigenvalue weighted by Gasteiger charge is -2.10. The first-order valence-electron chi connectivity index (χ1n) is 8.83. The molecular weight excluding hydrogens is 370 g/mol. The van der Waals surface area contributed by atoms with Gasteiger partial charge in [-0.25, -0.2) is 13.1 Å². The van der Waals surface area contributed by atoms with Crippen LogP contribution in [0.4, 0.5) is 5.82 Å². The molecule has 0 unspecified atom stereocenters. The third kappa shape index (κ3) is 3.68. The van der Waals surface area contributed by atoms with Crippen molar-refractivity contribution in [2.45, 2.75) is 11.8 Å². The first kappa shape index (κ1) is 18.0. The fraction of sp³-hybridized carbons (Fsp3) is 0.0455. The molecule has 140 valence electrons. The maximum Gasteiger partial charge on any atom is 0.263 e. The van der Waals surface area contributed by atoms with Gasteiger partial charge in [-0.3, -0.25) is 4.72 Å². The second-order valence-corrected chi connectivity index (χ2v) is 8.13. The Bertz CT molecular complexity index is 1180. The molecule has 1 aromatic heterocycles. The van der Waals surface area contributed by atoms with Crippen LogP contribution in [0.2, 0.25) is 0 Å². The van der Waals surface area contributed by atoms with Crippen molar-refractivity contribution in [3.8, 4) is 16.9 Å². The minimum Gasteiger partial charge on any atom is -0.263 e. The summed E-state index contributed by atoms with van der Waals surface area (Å²) < 4.78 is 30.1. The van der Waals surface area contributed by atoms with Gasteiger partial charge >= 0.3 is 0 Å². The number of rotatable bonds is 5. The monoisotopic (exact) mass is 389 g/mol. The molecule has 0 saturated carbocycles. The van der Waals surface area contributed by atoms with Gasteiger partial charge in [-0.2, -0.15) is 5.10 Å². The van der Waals surface area contributed by atoms with E-state index < -0.39 is 10.0 Å². The van der Waals surface area contributed by atoms with Crippen molar-refractivity contribution < 1.29 is 8.42 Å². The number of hydrogen-bond acceptors (Lipinski definition) is 3. The average molecular weight is 389 g/mol. The van der Waals surface area contributed by atoms with Crippen molar-refractivity contribution in [2.24, 2.45) is 0 Å². The van der Waals surface area contributed by atoms with Gasteiger partial charge in [0, 0.05) is 11.6 Å². The fourth-order valence-corrected chi connectivity index (χ4v) is 3.92. The lowest BCUT2D eigenvalue weighted by Crippen LogP contribution is -2.15. The number of hydrogen-bond donors (Lipinski definition) is 1. The third-order valence-corrected chi connectivity index (χ3v) is 5.72. The molecule has 4 rings (SSSR count). The Labute approximate surface area is 164 Å². The van der Waals surface area contributed by atoms with Crippen LogP contribution in [0.3, 0.4) is 0 Å². The van der Waals surface area contributed by atoms with Crippen LogP contribution in [0.1, 0.15) is 5.56 Å². The van der Waals surface area contributed by atoms with E-state index in [0.29, 0.717) is 11.5 Å². The summed E-state index contributed by atoms with van der Waals surface area (Å²) in [5.74, 6) is 0.380. The van der Waals surface area contributed by atoms with Gasteiger partial charge in [0.1, 0.15) is 5.82 Å². The maximum atomic E-state index is 12.9. The molecule has 0 spiro atoms. The Balaban J connectivity index is 1.79. The molecule has 4 aromatic rings. The van der Waals surface area contributed by atoms with E-state index in [2.05, 4.69) is 9.82 Å². The number of anilines is 1. The topological polar surface area (TPSA) is 64.0 Å². The standard InChI is InChI=1S/C22H19N3O2S/c1-17-12-14-20(15-13-17)28(26,27)24-22-16-21(18-8-4-2-5-9-18)23-25(22)19-10-6-3-7-11-19/h2-16,24H,1H3. The fourth-order valence-electron chi connectivity index (χ4n) is 2.88. The number of nitrogens with one attached hydrogen (secondary N) is 1. The minimum atomic E-state index is -3.74. The molecule has 1 heterocycles. The SMILES string of the molecule is Cc1ccc(S(=O)(=O)Nc2cc(-c3ccccc3)nn2-c2ccccc2)cc1. The zero-order valence-electron chi connectivity index (χ0n) is 15.3. The predicted molar refractivity (Wildman–Crippen MR) is 111 cm³/mol. The van der Waals surface area contributed by atoms with Gasteiger partial charge in [0.2, 0.25) is 0 Å². The van der Waals surface area contributed by atoms with E-state index in [4.69, 9.17) is 0 Å². The minimum absolute atomic E-state index is 0.208. The summed E-state index contributed by atoms with van der Waals surface area (Å²) in [6, 6.07) is 27.6. The summed E-state index contributed by atoms with van der Waals surface area (Å²) in [5.41, 5.74) is 3.37. The first-order valence-corrected chi connectivity index (χ1v) is 10.3. The van der Waals surface area contributed by atoms with Crippen LogP contribution in [-0.2, 0) is 10.0 Å². The van der Waals surface area contributed by atoms with Gasteiger partial charge in [-0.05, 0) is 31.2 Å². The number of sulfonamides is 1. The summed E-state index contributed by atoms with van der Waals surface area (Å²) >= 11 is 0. The molecule has 0 atom stereocenters. The van der Waals surface area contributed by atoms with E-state index >= 15 is 0 Å². The summed E-state index contributed by atoms with van der Waals surface area (Å²) in [6.45, 7) is 1.92. The van der Waals surface area contributed by atoms with Crippen LogP contribution in [-0.4, -0.2) is 18.2 Å². The Morgan fingerprint density at radius 3 is 2.07 bits per heavy atom. The Morgan fingerprint density at radius 2 is 1.43 bits per heavy atom. The molecule has 28 heavy (non-hydrogen) atoms. The van der Waals surface area contributed by atoms with E-state index in [9.17, 15) is 8.42 Å². The molecule has 0 saturated heterocycles. The lowest BCUT2D eigenvalue weighted by molar-refractivity contribution is 0.600. The summed E-state index contributed by atoms with van der Waals surface area (Å²) in [7, 11) is -3.74. The number of para-hydroxylation sites is 1. The highest BCUT2D eigenvalue weighted by Crippen LogP contribution is 2.26. The van der Waals surface area contributed by atoms with Crippen molar-refractivity contribution in [3.63, 3.8) is 0 Å². The van der Waals surface area contributed by atoms with Crippen molar-refractivity contribution in [2.75, 3.05) is 4.72 Å². The van der Waals surface area contributed by atoms with Crippen LogP contribution >= 0.6 is 0 Å². The van der Waals surface area contributed by atoms with Gasteiger partial charge in [-0.1, -0.05) is 66.2 Å². The van der Waals surface area contributed by atoms with Gasteiger partial charge < -0.3 is 0 Å². The largest absolute Gasteiger partial charge is 0.263 e. The molecule has 0 aliphatic rings. The smallest absolute Gasteiger partial charge is 0.263 e. The van der Waals surface area contributed by atoms with E-state index in [1.54, 1.807) is 35.0 Å². The first-order chi connectivity index (χ1) is 13.5. The summed E-state index contributed by atoms with van der Waals surface area (Å²) in [5, 5.41) is 4.63. The highest BCUT2D eigenvalue weighted by Gasteiger charge is 2.19. The van der Waals surface area contributed by atoms with Crippen LogP contribution in [0.25, 0.3) is 16.9 Å². The second kappa shape index (κ2) is 7.32. The molecule has 0 bridgehead atoms. The van der Waals surface area contributed by atoms with E-state index in [0.717, 1.165) is 16.8 Å². The Morgan fingerprint density at radius 1 is 0.821 bits per heavy atom. The molecule has 3 aromatic carbocycles. The molecule has 5 nitrogen and oxygen atoms in total. The average Bonchev–Trinajstić information content (AvgIpc) is 3.13. The van der Waals surface area contributed by atoms with Crippen molar-refractivity contribution >= 4 is 15.8 Å². The number of aryl methyl sites for hydroxylation is 1. The zero-order chi connectivity index (χ0) is 19.6. The number of nitrogens with zero attached hydrogens (tertiary/aromatic N) is 2. The molecule has 0 aliphatic heterocycles. The second-order valence-electron chi connectivity index (χ2n) is 6.45. The van der Waals surface area contributed by atoms with Gasteiger partial charge in [0.25, 0.3) is 10.0 Å². The summed E-state index contributed by atoms with van der Waals surface area (Å²) in [6.07, 6.45) is 0. The maximum absolute atomic E-state index is 12.9. The van der Waals surface area contributed by atoms with Crippen molar-refractivity contribution in [1.29, 1.82) is 0 Å². The molecule has 6 heteroatoms. The van der Waals surface area contributed by atoms with E-state index in [1.807, 2.05) is 67.6 Å². The third-order valence-electron chi connectivity index (χ3n) is 4.35. The van der Waals surface area contributed by atoms with E-state index in [-0.39, 0.29) is 4.90 Å². The molecule has 1 N–H and O–H groups in total. The van der Waals surface area contributed by atoms with Crippen LogP contribution < -0.4 is 4.72 Å². The van der Waals surface area contributed by atoms with E-state index in [1.165, 1.54) is 0 Å². The number of benzene rings is 3. The molecule has 0 fully saturated rings.